The molecule has 0 radical (unpaired) electrons. The maximum Gasteiger partial charge on any atom is 0.0637 e. The van der Waals surface area contributed by atoms with E-state index in [4.69, 9.17) is 4.74 Å². The van der Waals surface area contributed by atoms with Gasteiger partial charge >= 0.3 is 0 Å². The molecule has 0 unspecified atom stereocenters. The van der Waals surface area contributed by atoms with Crippen molar-refractivity contribution < 1.29 is 4.74 Å². The van der Waals surface area contributed by atoms with Crippen LogP contribution in [0.4, 0.5) is 5.69 Å². The van der Waals surface area contributed by atoms with E-state index in [0.717, 1.165) is 19.7 Å². The molecule has 0 atom stereocenters. The second kappa shape index (κ2) is 6.51. The molecule has 0 aliphatic carbocycles. The molecule has 0 aliphatic rings. The van der Waals surface area contributed by atoms with Gasteiger partial charge in [0.05, 0.1) is 6.61 Å². The van der Waals surface area contributed by atoms with Crippen LogP contribution in [0.25, 0.3) is 0 Å². The summed E-state index contributed by atoms with van der Waals surface area (Å²) in [4.78, 5) is 2.22. The summed E-state index contributed by atoms with van der Waals surface area (Å²) in [5, 5.41) is 3.16. The lowest BCUT2D eigenvalue weighted by Crippen LogP contribution is -2.22. The summed E-state index contributed by atoms with van der Waals surface area (Å²) in [6.45, 7) is 4.75. The van der Waals surface area contributed by atoms with Gasteiger partial charge in [-0.25, -0.2) is 0 Å². The van der Waals surface area contributed by atoms with Crippen LogP contribution in [0.2, 0.25) is 0 Å². The SMILES string of the molecule is CNCc1ccc(N(C)CCOC)c(C)c1. The van der Waals surface area contributed by atoms with E-state index in [0.29, 0.717) is 0 Å². The molecular weight excluding hydrogens is 200 g/mol. The van der Waals surface area contributed by atoms with E-state index >= 15 is 0 Å². The second-order valence-corrected chi connectivity index (χ2v) is 4.07. The molecule has 0 heterocycles. The fourth-order valence-corrected chi connectivity index (χ4v) is 1.81. The topological polar surface area (TPSA) is 24.5 Å². The van der Waals surface area contributed by atoms with Gasteiger partial charge in [-0.2, -0.15) is 0 Å². The zero-order chi connectivity index (χ0) is 12.0. The maximum absolute atomic E-state index is 5.08. The molecule has 0 aromatic heterocycles. The highest BCUT2D eigenvalue weighted by Gasteiger charge is 2.04. The van der Waals surface area contributed by atoms with Crippen LogP contribution in [-0.2, 0) is 11.3 Å². The van der Waals surface area contributed by atoms with Crippen LogP contribution < -0.4 is 10.2 Å². The average Bonchev–Trinajstić information content (AvgIpc) is 2.26. The Morgan fingerprint density at radius 3 is 2.69 bits per heavy atom. The van der Waals surface area contributed by atoms with Gasteiger partial charge in [-0.1, -0.05) is 12.1 Å². The lowest BCUT2D eigenvalue weighted by atomic mass is 10.1. The Balaban J connectivity index is 2.73. The van der Waals surface area contributed by atoms with E-state index in [1.54, 1.807) is 7.11 Å². The molecule has 3 nitrogen and oxygen atoms in total. The summed E-state index contributed by atoms with van der Waals surface area (Å²) < 4.78 is 5.08. The molecule has 0 aliphatic heterocycles. The Bertz CT molecular complexity index is 326. The zero-order valence-electron chi connectivity index (χ0n) is 10.7. The fraction of sp³-hybridized carbons (Fsp3) is 0.538. The van der Waals surface area contributed by atoms with Gasteiger partial charge in [0.25, 0.3) is 0 Å². The van der Waals surface area contributed by atoms with E-state index < -0.39 is 0 Å². The summed E-state index contributed by atoms with van der Waals surface area (Å²) in [5.41, 5.74) is 3.91. The summed E-state index contributed by atoms with van der Waals surface area (Å²) in [6.07, 6.45) is 0. The zero-order valence-corrected chi connectivity index (χ0v) is 10.7. The molecule has 16 heavy (non-hydrogen) atoms. The molecule has 1 rings (SSSR count). The highest BCUT2D eigenvalue weighted by Crippen LogP contribution is 2.19. The lowest BCUT2D eigenvalue weighted by molar-refractivity contribution is 0.206. The van der Waals surface area contributed by atoms with Crippen molar-refractivity contribution >= 4 is 5.69 Å². The molecule has 0 fully saturated rings. The Labute approximate surface area is 98.4 Å². The normalized spacial score (nSPS) is 10.5. The third-order valence-electron chi connectivity index (χ3n) is 2.68. The number of methoxy groups -OCH3 is 1. The minimum absolute atomic E-state index is 0.758. The smallest absolute Gasteiger partial charge is 0.0637 e. The molecule has 0 bridgehead atoms. The van der Waals surface area contributed by atoms with Crippen LogP contribution in [0.3, 0.4) is 0 Å². The molecule has 3 heteroatoms. The number of ether oxygens (including phenoxy) is 1. The highest BCUT2D eigenvalue weighted by atomic mass is 16.5. The van der Waals surface area contributed by atoms with Crippen LogP contribution >= 0.6 is 0 Å². The first-order valence-corrected chi connectivity index (χ1v) is 5.63. The lowest BCUT2D eigenvalue weighted by Gasteiger charge is -2.21. The first kappa shape index (κ1) is 13.0. The number of nitrogens with zero attached hydrogens (tertiary/aromatic N) is 1. The number of rotatable bonds is 6. The van der Waals surface area contributed by atoms with E-state index in [-0.39, 0.29) is 0 Å². The van der Waals surface area contributed by atoms with Gasteiger partial charge in [0, 0.05) is 32.9 Å². The number of benzene rings is 1. The van der Waals surface area contributed by atoms with Gasteiger partial charge in [0.2, 0.25) is 0 Å². The van der Waals surface area contributed by atoms with Gasteiger partial charge in [-0.3, -0.25) is 0 Å². The molecule has 1 N–H and O–H groups in total. The van der Waals surface area contributed by atoms with Crippen molar-refractivity contribution in [2.45, 2.75) is 13.5 Å². The molecule has 1 aromatic carbocycles. The van der Waals surface area contributed by atoms with Gasteiger partial charge in [-0.05, 0) is 31.2 Å². The van der Waals surface area contributed by atoms with Crippen molar-refractivity contribution in [3.8, 4) is 0 Å². The van der Waals surface area contributed by atoms with Crippen molar-refractivity contribution in [2.75, 3.05) is 39.3 Å². The second-order valence-electron chi connectivity index (χ2n) is 4.07. The van der Waals surface area contributed by atoms with Gasteiger partial charge < -0.3 is 15.0 Å². The summed E-state index contributed by atoms with van der Waals surface area (Å²) in [5.74, 6) is 0. The van der Waals surface area contributed by atoms with Crippen LogP contribution in [0.5, 0.6) is 0 Å². The standard InChI is InChI=1S/C13H22N2O/c1-11-9-12(10-14-2)5-6-13(11)15(3)7-8-16-4/h5-6,9,14H,7-8,10H2,1-4H3. The van der Waals surface area contributed by atoms with Crippen molar-refractivity contribution in [1.82, 2.24) is 5.32 Å². The molecule has 0 saturated heterocycles. The van der Waals surface area contributed by atoms with Crippen molar-refractivity contribution in [2.24, 2.45) is 0 Å². The van der Waals surface area contributed by atoms with E-state index in [1.807, 2.05) is 7.05 Å². The number of likely N-dealkylation sites (N-methyl/N-ethyl adjacent to an activating group) is 1. The van der Waals surface area contributed by atoms with Gasteiger partial charge in [-0.15, -0.1) is 0 Å². The van der Waals surface area contributed by atoms with Crippen LogP contribution in [0.1, 0.15) is 11.1 Å². The number of hydrogen-bond acceptors (Lipinski definition) is 3. The third kappa shape index (κ3) is 3.51. The molecule has 0 spiro atoms. The van der Waals surface area contributed by atoms with E-state index in [1.165, 1.54) is 16.8 Å². The Hall–Kier alpha value is -1.06. The minimum atomic E-state index is 0.758. The first-order valence-electron chi connectivity index (χ1n) is 5.63. The first-order chi connectivity index (χ1) is 7.69. The highest BCUT2D eigenvalue weighted by molar-refractivity contribution is 5.53. The van der Waals surface area contributed by atoms with Crippen LogP contribution in [0, 0.1) is 6.92 Å². The predicted octanol–water partition coefficient (Wildman–Crippen LogP) is 1.80. The molecule has 0 saturated carbocycles. The summed E-state index contributed by atoms with van der Waals surface area (Å²) in [7, 11) is 5.80. The van der Waals surface area contributed by atoms with Crippen molar-refractivity contribution in [1.29, 1.82) is 0 Å². The molecule has 0 amide bonds. The van der Waals surface area contributed by atoms with Gasteiger partial charge in [0.1, 0.15) is 0 Å². The summed E-state index contributed by atoms with van der Waals surface area (Å²) >= 11 is 0. The average molecular weight is 222 g/mol. The van der Waals surface area contributed by atoms with Crippen LogP contribution in [-0.4, -0.2) is 34.4 Å². The monoisotopic (exact) mass is 222 g/mol. The largest absolute Gasteiger partial charge is 0.383 e. The number of aryl methyl sites for hydroxylation is 1. The van der Waals surface area contributed by atoms with Crippen LogP contribution in [0.15, 0.2) is 18.2 Å². The number of anilines is 1. The Morgan fingerprint density at radius 2 is 2.12 bits per heavy atom. The van der Waals surface area contributed by atoms with E-state index in [9.17, 15) is 0 Å². The molecular formula is C13H22N2O. The maximum atomic E-state index is 5.08. The number of hydrogen-bond donors (Lipinski definition) is 1. The number of nitrogens with one attached hydrogen (secondary N) is 1. The Morgan fingerprint density at radius 1 is 1.38 bits per heavy atom. The quantitative estimate of drug-likeness (QED) is 0.794. The summed E-state index contributed by atoms with van der Waals surface area (Å²) in [6, 6.07) is 6.58. The fourth-order valence-electron chi connectivity index (χ4n) is 1.81. The minimum Gasteiger partial charge on any atom is -0.383 e. The van der Waals surface area contributed by atoms with Crippen molar-refractivity contribution in [3.63, 3.8) is 0 Å². The molecule has 90 valence electrons. The van der Waals surface area contributed by atoms with Gasteiger partial charge in [0.15, 0.2) is 0 Å². The van der Waals surface area contributed by atoms with Crippen molar-refractivity contribution in [3.05, 3.63) is 29.3 Å². The van der Waals surface area contributed by atoms with E-state index in [2.05, 4.69) is 42.4 Å². The molecule has 1 aromatic rings. The third-order valence-corrected chi connectivity index (χ3v) is 2.68. The predicted molar refractivity (Wildman–Crippen MR) is 69.1 cm³/mol. The Kier molecular flexibility index (Phi) is 5.29.